The van der Waals surface area contributed by atoms with E-state index in [1.807, 2.05) is 0 Å². The lowest BCUT2D eigenvalue weighted by molar-refractivity contribution is -0.384. The van der Waals surface area contributed by atoms with Gasteiger partial charge in [0.2, 0.25) is 11.8 Å². The number of nitrogens with zero attached hydrogens (tertiary/aromatic N) is 2. The number of nitro benzene ring substituents is 1. The highest BCUT2D eigenvalue weighted by atomic mass is 16.6. The Hall–Kier alpha value is -2.52. The number of carbonyl (C=O) groups is 2. The number of nitrogens with one attached hydrogen (secondary N) is 2. The molecule has 2 amide bonds. The van der Waals surface area contributed by atoms with Crippen LogP contribution in [0.4, 0.5) is 11.4 Å². The van der Waals surface area contributed by atoms with E-state index in [4.69, 9.17) is 4.74 Å². The molecular formula is C19H26N4O5. The van der Waals surface area contributed by atoms with Crippen molar-refractivity contribution in [3.05, 3.63) is 33.9 Å². The predicted octanol–water partition coefficient (Wildman–Crippen LogP) is 1.60. The Balaban J connectivity index is 1.55. The minimum absolute atomic E-state index is 0.00568. The maximum Gasteiger partial charge on any atom is 0.269 e. The van der Waals surface area contributed by atoms with Crippen molar-refractivity contribution in [3.8, 4) is 0 Å². The van der Waals surface area contributed by atoms with Crippen LogP contribution in [0, 0.1) is 17.0 Å². The van der Waals surface area contributed by atoms with Crippen molar-refractivity contribution in [2.75, 3.05) is 25.6 Å². The maximum atomic E-state index is 12.5. The monoisotopic (exact) mass is 390 g/mol. The number of benzene rings is 1. The van der Waals surface area contributed by atoms with Crippen LogP contribution in [0.25, 0.3) is 0 Å². The summed E-state index contributed by atoms with van der Waals surface area (Å²) >= 11 is 0. The van der Waals surface area contributed by atoms with Gasteiger partial charge in [-0.3, -0.25) is 24.6 Å². The van der Waals surface area contributed by atoms with Crippen molar-refractivity contribution < 1.29 is 19.2 Å². The van der Waals surface area contributed by atoms with Crippen LogP contribution >= 0.6 is 0 Å². The third-order valence-corrected chi connectivity index (χ3v) is 5.55. The first kappa shape index (κ1) is 20.2. The smallest absolute Gasteiger partial charge is 0.269 e. The van der Waals surface area contributed by atoms with Gasteiger partial charge in [-0.15, -0.1) is 0 Å². The van der Waals surface area contributed by atoms with Crippen molar-refractivity contribution in [1.29, 1.82) is 0 Å². The van der Waals surface area contributed by atoms with E-state index in [-0.39, 0.29) is 48.8 Å². The largest absolute Gasteiger partial charge is 0.375 e. The van der Waals surface area contributed by atoms with Crippen LogP contribution in [0.1, 0.15) is 31.2 Å². The first-order valence-electron chi connectivity index (χ1n) is 9.46. The zero-order valence-electron chi connectivity index (χ0n) is 16.1. The molecule has 2 saturated heterocycles. The Kier molecular flexibility index (Phi) is 6.25. The fourth-order valence-electron chi connectivity index (χ4n) is 4.31. The van der Waals surface area contributed by atoms with E-state index in [0.29, 0.717) is 11.3 Å². The molecule has 2 atom stereocenters. The number of amides is 2. The molecule has 2 aliphatic heterocycles. The summed E-state index contributed by atoms with van der Waals surface area (Å²) in [5.41, 5.74) is 1.25. The Labute approximate surface area is 163 Å². The van der Waals surface area contributed by atoms with Gasteiger partial charge in [-0.05, 0) is 44.2 Å². The van der Waals surface area contributed by atoms with Gasteiger partial charge in [0.1, 0.15) is 6.61 Å². The summed E-state index contributed by atoms with van der Waals surface area (Å²) in [5, 5.41) is 16.7. The van der Waals surface area contributed by atoms with Gasteiger partial charge in [0.25, 0.3) is 5.69 Å². The molecule has 0 aromatic heterocycles. The van der Waals surface area contributed by atoms with Gasteiger partial charge in [-0.1, -0.05) is 0 Å². The van der Waals surface area contributed by atoms with Crippen molar-refractivity contribution >= 4 is 23.2 Å². The summed E-state index contributed by atoms with van der Waals surface area (Å²) in [6, 6.07) is 5.08. The van der Waals surface area contributed by atoms with Gasteiger partial charge >= 0.3 is 0 Å². The number of hydrogen-bond donors (Lipinski definition) is 2. The topological polar surface area (TPSA) is 114 Å². The molecule has 9 nitrogen and oxygen atoms in total. The molecule has 2 heterocycles. The van der Waals surface area contributed by atoms with E-state index in [1.165, 1.54) is 19.2 Å². The Morgan fingerprint density at radius 3 is 2.50 bits per heavy atom. The summed E-state index contributed by atoms with van der Waals surface area (Å²) in [6.07, 6.45) is 3.70. The standard InChI is InChI=1S/C19H26N4O5/c1-12-7-16(23(26)27)5-6-17(12)21-18(24)10-22-14-3-4-15(22)9-13(8-14)20-19(25)11-28-2/h5-7,13-15H,3-4,8-11H2,1-2H3,(H,20,25)(H,21,24). The molecule has 2 fully saturated rings. The van der Waals surface area contributed by atoms with E-state index in [0.717, 1.165) is 25.7 Å². The van der Waals surface area contributed by atoms with Crippen LogP contribution in [0.2, 0.25) is 0 Å². The number of fused-ring (bicyclic) bond motifs is 2. The molecule has 9 heteroatoms. The third kappa shape index (κ3) is 4.66. The van der Waals surface area contributed by atoms with Gasteiger partial charge in [0.05, 0.1) is 11.5 Å². The number of rotatable bonds is 7. The maximum absolute atomic E-state index is 12.5. The van der Waals surface area contributed by atoms with Gasteiger partial charge in [0.15, 0.2) is 0 Å². The quantitative estimate of drug-likeness (QED) is 0.540. The minimum Gasteiger partial charge on any atom is -0.375 e. The zero-order chi connectivity index (χ0) is 20.3. The molecule has 28 heavy (non-hydrogen) atoms. The van der Waals surface area contributed by atoms with Crippen LogP contribution in [-0.4, -0.2) is 60.0 Å². The zero-order valence-corrected chi connectivity index (χ0v) is 16.1. The van der Waals surface area contributed by atoms with Gasteiger partial charge in [-0.25, -0.2) is 0 Å². The number of ether oxygens (including phenoxy) is 1. The van der Waals surface area contributed by atoms with E-state index < -0.39 is 4.92 Å². The Bertz CT molecular complexity index is 755. The average Bonchev–Trinajstić information content (AvgIpc) is 2.86. The molecule has 0 aliphatic carbocycles. The minimum atomic E-state index is -0.453. The highest BCUT2D eigenvalue weighted by molar-refractivity contribution is 5.93. The molecular weight excluding hydrogens is 364 g/mol. The highest BCUT2D eigenvalue weighted by Crippen LogP contribution is 2.35. The molecule has 2 N–H and O–H groups in total. The van der Waals surface area contributed by atoms with Crippen LogP contribution in [-0.2, 0) is 14.3 Å². The highest BCUT2D eigenvalue weighted by Gasteiger charge is 2.41. The molecule has 1 aromatic rings. The number of carbonyl (C=O) groups excluding carboxylic acids is 2. The second-order valence-electron chi connectivity index (χ2n) is 7.53. The van der Waals surface area contributed by atoms with Gasteiger partial charge in [0, 0.05) is 43.1 Å². The molecule has 2 bridgehead atoms. The van der Waals surface area contributed by atoms with Crippen molar-refractivity contribution in [1.82, 2.24) is 10.2 Å². The number of piperidine rings is 1. The summed E-state index contributed by atoms with van der Waals surface area (Å²) in [6.45, 7) is 2.08. The predicted molar refractivity (Wildman–Crippen MR) is 103 cm³/mol. The van der Waals surface area contributed by atoms with E-state index >= 15 is 0 Å². The second-order valence-corrected chi connectivity index (χ2v) is 7.53. The van der Waals surface area contributed by atoms with Crippen LogP contribution in [0.3, 0.4) is 0 Å². The number of methoxy groups -OCH3 is 1. The molecule has 3 rings (SSSR count). The van der Waals surface area contributed by atoms with E-state index in [1.54, 1.807) is 13.0 Å². The van der Waals surface area contributed by atoms with Crippen LogP contribution in [0.5, 0.6) is 0 Å². The van der Waals surface area contributed by atoms with Gasteiger partial charge < -0.3 is 15.4 Å². The SMILES string of the molecule is COCC(=O)NC1CC2CCC(C1)N2CC(=O)Nc1ccc([N+](=O)[O-])cc1C. The van der Waals surface area contributed by atoms with Crippen LogP contribution in [0.15, 0.2) is 18.2 Å². The molecule has 152 valence electrons. The number of nitro groups is 1. The number of hydrogen-bond acceptors (Lipinski definition) is 6. The van der Waals surface area contributed by atoms with Crippen molar-refractivity contribution in [2.45, 2.75) is 50.7 Å². The fraction of sp³-hybridized carbons (Fsp3) is 0.579. The summed E-state index contributed by atoms with van der Waals surface area (Å²) in [5.74, 6) is -0.234. The third-order valence-electron chi connectivity index (χ3n) is 5.55. The van der Waals surface area contributed by atoms with E-state index in [2.05, 4.69) is 15.5 Å². The lowest BCUT2D eigenvalue weighted by Gasteiger charge is -2.38. The molecule has 0 spiro atoms. The molecule has 0 radical (unpaired) electrons. The molecule has 0 saturated carbocycles. The van der Waals surface area contributed by atoms with Crippen molar-refractivity contribution in [3.63, 3.8) is 0 Å². The van der Waals surface area contributed by atoms with E-state index in [9.17, 15) is 19.7 Å². The lowest BCUT2D eigenvalue weighted by atomic mass is 9.97. The Morgan fingerprint density at radius 1 is 1.25 bits per heavy atom. The fourth-order valence-corrected chi connectivity index (χ4v) is 4.31. The van der Waals surface area contributed by atoms with Gasteiger partial charge in [-0.2, -0.15) is 0 Å². The molecule has 2 unspecified atom stereocenters. The molecule has 1 aromatic carbocycles. The molecule has 2 aliphatic rings. The summed E-state index contributed by atoms with van der Waals surface area (Å²) in [7, 11) is 1.50. The van der Waals surface area contributed by atoms with Crippen LogP contribution < -0.4 is 10.6 Å². The number of aryl methyl sites for hydroxylation is 1. The van der Waals surface area contributed by atoms with Crippen molar-refractivity contribution in [2.24, 2.45) is 0 Å². The first-order chi connectivity index (χ1) is 13.4. The number of non-ortho nitro benzene ring substituents is 1. The number of anilines is 1. The average molecular weight is 390 g/mol. The summed E-state index contributed by atoms with van der Waals surface area (Å²) in [4.78, 5) is 36.9. The summed E-state index contributed by atoms with van der Waals surface area (Å²) < 4.78 is 4.86. The normalized spacial score (nSPS) is 24.0. The second kappa shape index (κ2) is 8.66. The lowest BCUT2D eigenvalue weighted by Crippen LogP contribution is -2.52. The first-order valence-corrected chi connectivity index (χ1v) is 9.46. The Morgan fingerprint density at radius 2 is 1.93 bits per heavy atom.